The molecule has 0 saturated heterocycles. The molecule has 5 nitrogen and oxygen atoms in total. The van der Waals surface area contributed by atoms with Gasteiger partial charge in [-0.2, -0.15) is 0 Å². The van der Waals surface area contributed by atoms with Crippen LogP contribution in [0.1, 0.15) is 15.9 Å². The minimum absolute atomic E-state index is 0.0195. The van der Waals surface area contributed by atoms with Crippen molar-refractivity contribution in [2.75, 3.05) is 12.9 Å². The normalized spacial score (nSPS) is 10.9. The molecule has 0 atom stereocenters. The summed E-state index contributed by atoms with van der Waals surface area (Å²) in [6.45, 7) is 1.98. The Labute approximate surface area is 178 Å². The average molecular weight is 417 g/mol. The lowest BCUT2D eigenvalue weighted by Gasteiger charge is -2.15. The summed E-state index contributed by atoms with van der Waals surface area (Å²) >= 11 is 1.24. The number of thioether (sulfide) groups is 1. The third-order valence-electron chi connectivity index (χ3n) is 4.78. The van der Waals surface area contributed by atoms with Crippen molar-refractivity contribution in [1.82, 2.24) is 9.55 Å². The molecule has 0 aliphatic carbocycles. The van der Waals surface area contributed by atoms with Crippen LogP contribution in [0.3, 0.4) is 0 Å². The fourth-order valence-corrected chi connectivity index (χ4v) is 4.09. The molecule has 0 fully saturated rings. The molecule has 6 heteroatoms. The van der Waals surface area contributed by atoms with E-state index in [9.17, 15) is 9.59 Å². The first-order valence-corrected chi connectivity index (χ1v) is 10.4. The molecule has 0 unspecified atom stereocenters. The summed E-state index contributed by atoms with van der Waals surface area (Å²) < 4.78 is 6.99. The Bertz CT molecular complexity index is 1280. The molecular weight excluding hydrogens is 396 g/mol. The van der Waals surface area contributed by atoms with E-state index in [1.165, 1.54) is 16.3 Å². The Morgan fingerprint density at radius 1 is 1.00 bits per heavy atom. The molecule has 0 aliphatic heterocycles. The minimum Gasteiger partial charge on any atom is -0.495 e. The number of hydrogen-bond acceptors (Lipinski definition) is 5. The first-order chi connectivity index (χ1) is 14.6. The van der Waals surface area contributed by atoms with Gasteiger partial charge in [-0.15, -0.1) is 0 Å². The zero-order valence-corrected chi connectivity index (χ0v) is 17.5. The number of aryl methyl sites for hydroxylation is 1. The number of aromatic nitrogens is 2. The fourth-order valence-electron chi connectivity index (χ4n) is 3.19. The molecular formula is C24H20N2O3S. The lowest BCUT2D eigenvalue weighted by atomic mass is 10.1. The minimum atomic E-state index is -0.199. The van der Waals surface area contributed by atoms with Gasteiger partial charge in [0.15, 0.2) is 10.9 Å². The predicted octanol–water partition coefficient (Wildman–Crippen LogP) is 4.68. The summed E-state index contributed by atoms with van der Waals surface area (Å²) in [5.74, 6) is 0.709. The Kier molecular flexibility index (Phi) is 5.68. The third-order valence-corrected chi connectivity index (χ3v) is 5.72. The molecule has 0 saturated carbocycles. The Morgan fingerprint density at radius 2 is 1.70 bits per heavy atom. The van der Waals surface area contributed by atoms with Gasteiger partial charge in [-0.1, -0.05) is 65.9 Å². The molecule has 1 aromatic heterocycles. The van der Waals surface area contributed by atoms with Crippen molar-refractivity contribution in [3.05, 3.63) is 94.3 Å². The second-order valence-electron chi connectivity index (χ2n) is 6.80. The molecule has 0 N–H and O–H groups in total. The molecule has 150 valence electrons. The highest BCUT2D eigenvalue weighted by atomic mass is 32.2. The number of methoxy groups -OCH3 is 1. The monoisotopic (exact) mass is 416 g/mol. The van der Waals surface area contributed by atoms with Crippen LogP contribution in [-0.4, -0.2) is 28.2 Å². The van der Waals surface area contributed by atoms with Crippen molar-refractivity contribution in [3.8, 4) is 11.4 Å². The highest BCUT2D eigenvalue weighted by Gasteiger charge is 2.17. The summed E-state index contributed by atoms with van der Waals surface area (Å²) in [7, 11) is 1.56. The number of benzene rings is 3. The maximum Gasteiger partial charge on any atom is 0.266 e. The number of para-hydroxylation sites is 3. The molecule has 1 heterocycles. The molecule has 0 spiro atoms. The number of fused-ring (bicyclic) bond motifs is 1. The van der Waals surface area contributed by atoms with Crippen LogP contribution in [-0.2, 0) is 0 Å². The van der Waals surface area contributed by atoms with Gasteiger partial charge < -0.3 is 4.74 Å². The van der Waals surface area contributed by atoms with Crippen LogP contribution in [0.25, 0.3) is 16.6 Å². The van der Waals surface area contributed by atoms with Crippen molar-refractivity contribution in [2.24, 2.45) is 0 Å². The van der Waals surface area contributed by atoms with Gasteiger partial charge in [0.2, 0.25) is 0 Å². The SMILES string of the molecule is COc1ccccc1-n1c(SCC(=O)c2ccc(C)cc2)nc2ccccc2c1=O. The zero-order valence-electron chi connectivity index (χ0n) is 16.7. The highest BCUT2D eigenvalue weighted by Crippen LogP contribution is 2.27. The Hall–Kier alpha value is -3.38. The van der Waals surface area contributed by atoms with E-state index in [2.05, 4.69) is 4.98 Å². The van der Waals surface area contributed by atoms with E-state index in [1.807, 2.05) is 61.5 Å². The predicted molar refractivity (Wildman–Crippen MR) is 120 cm³/mol. The number of carbonyl (C=O) groups excluding carboxylic acids is 1. The van der Waals surface area contributed by atoms with Gasteiger partial charge in [0.25, 0.3) is 5.56 Å². The van der Waals surface area contributed by atoms with Gasteiger partial charge in [-0.3, -0.25) is 14.2 Å². The molecule has 0 bridgehead atoms. The van der Waals surface area contributed by atoms with Crippen LogP contribution in [0.4, 0.5) is 0 Å². The summed E-state index contributed by atoms with van der Waals surface area (Å²) in [6, 6.07) is 22.0. The second-order valence-corrected chi connectivity index (χ2v) is 7.74. The van der Waals surface area contributed by atoms with Crippen LogP contribution in [0.2, 0.25) is 0 Å². The van der Waals surface area contributed by atoms with E-state index in [-0.39, 0.29) is 17.1 Å². The van der Waals surface area contributed by atoms with Crippen LogP contribution >= 0.6 is 11.8 Å². The van der Waals surface area contributed by atoms with Crippen molar-refractivity contribution >= 4 is 28.4 Å². The third kappa shape index (κ3) is 3.86. The number of hydrogen-bond donors (Lipinski definition) is 0. The van der Waals surface area contributed by atoms with E-state index < -0.39 is 0 Å². The first-order valence-electron chi connectivity index (χ1n) is 9.46. The largest absolute Gasteiger partial charge is 0.495 e. The van der Waals surface area contributed by atoms with Crippen molar-refractivity contribution in [3.63, 3.8) is 0 Å². The van der Waals surface area contributed by atoms with Crippen LogP contribution in [0, 0.1) is 6.92 Å². The van der Waals surface area contributed by atoms with Crippen molar-refractivity contribution < 1.29 is 9.53 Å². The van der Waals surface area contributed by atoms with Crippen LogP contribution in [0.15, 0.2) is 82.7 Å². The van der Waals surface area contributed by atoms with Crippen LogP contribution < -0.4 is 10.3 Å². The number of rotatable bonds is 6. The smallest absolute Gasteiger partial charge is 0.266 e. The van der Waals surface area contributed by atoms with Gasteiger partial charge in [0.05, 0.1) is 29.5 Å². The molecule has 4 rings (SSSR count). The first kappa shape index (κ1) is 19.9. The maximum absolute atomic E-state index is 13.3. The molecule has 0 radical (unpaired) electrons. The van der Waals surface area contributed by atoms with E-state index in [1.54, 1.807) is 25.3 Å². The van der Waals surface area contributed by atoms with Gasteiger partial charge in [-0.05, 0) is 31.2 Å². The maximum atomic E-state index is 13.3. The molecule has 0 aliphatic rings. The van der Waals surface area contributed by atoms with E-state index in [4.69, 9.17) is 4.74 Å². The quantitative estimate of drug-likeness (QED) is 0.260. The second kappa shape index (κ2) is 8.55. The Morgan fingerprint density at radius 3 is 2.47 bits per heavy atom. The van der Waals surface area contributed by atoms with Gasteiger partial charge in [0.1, 0.15) is 5.75 Å². The number of ether oxygens (including phenoxy) is 1. The van der Waals surface area contributed by atoms with Crippen molar-refractivity contribution in [2.45, 2.75) is 12.1 Å². The summed E-state index contributed by atoms with van der Waals surface area (Å²) in [4.78, 5) is 30.7. The summed E-state index contributed by atoms with van der Waals surface area (Å²) in [5, 5.41) is 0.960. The lowest BCUT2D eigenvalue weighted by molar-refractivity contribution is 0.102. The molecule has 4 aromatic rings. The number of carbonyl (C=O) groups is 1. The van der Waals surface area contributed by atoms with Crippen LogP contribution in [0.5, 0.6) is 5.75 Å². The fraction of sp³-hybridized carbons (Fsp3) is 0.125. The van der Waals surface area contributed by atoms with Gasteiger partial charge in [0, 0.05) is 5.56 Å². The standard InChI is InChI=1S/C24H20N2O3S/c1-16-11-13-17(14-12-16)21(27)15-30-24-25-19-8-4-3-7-18(19)23(28)26(24)20-9-5-6-10-22(20)29-2/h3-14H,15H2,1-2H3. The number of nitrogens with zero attached hydrogens (tertiary/aromatic N) is 2. The van der Waals surface area contributed by atoms with E-state index in [0.29, 0.717) is 33.1 Å². The molecule has 3 aromatic carbocycles. The topological polar surface area (TPSA) is 61.2 Å². The van der Waals surface area contributed by atoms with Crippen molar-refractivity contribution in [1.29, 1.82) is 0 Å². The van der Waals surface area contributed by atoms with Gasteiger partial charge >= 0.3 is 0 Å². The average Bonchev–Trinajstić information content (AvgIpc) is 2.78. The Balaban J connectivity index is 1.79. The van der Waals surface area contributed by atoms with E-state index >= 15 is 0 Å². The molecule has 30 heavy (non-hydrogen) atoms. The summed E-state index contributed by atoms with van der Waals surface area (Å²) in [5.41, 5.74) is 2.73. The lowest BCUT2D eigenvalue weighted by Crippen LogP contribution is -2.22. The van der Waals surface area contributed by atoms with E-state index in [0.717, 1.165) is 5.56 Å². The highest BCUT2D eigenvalue weighted by molar-refractivity contribution is 7.99. The molecule has 0 amide bonds. The zero-order chi connectivity index (χ0) is 21.1. The number of Topliss-reactive ketones (excluding diaryl/α,β-unsaturated/α-hetero) is 1. The van der Waals surface area contributed by atoms with Gasteiger partial charge in [-0.25, -0.2) is 4.98 Å². The summed E-state index contributed by atoms with van der Waals surface area (Å²) in [6.07, 6.45) is 0. The number of ketones is 1.